The van der Waals surface area contributed by atoms with E-state index < -0.39 is 64.6 Å². The summed E-state index contributed by atoms with van der Waals surface area (Å²) in [6.07, 6.45) is 2.28. The number of benzene rings is 4. The van der Waals surface area contributed by atoms with Gasteiger partial charge in [-0.1, -0.05) is 77.9 Å². The van der Waals surface area contributed by atoms with Crippen LogP contribution in [-0.2, 0) is 24.6 Å². The summed E-state index contributed by atoms with van der Waals surface area (Å²) in [6, 6.07) is 28.9. The Morgan fingerprint density at radius 3 is 2.28 bits per heavy atom. The quantitative estimate of drug-likeness (QED) is 0.178. The number of carboxylic acids is 1. The lowest BCUT2D eigenvalue weighted by Gasteiger charge is -2.50. The number of aromatic hydroxyl groups is 1. The van der Waals surface area contributed by atoms with Gasteiger partial charge in [-0.05, 0) is 79.3 Å². The van der Waals surface area contributed by atoms with Crippen LogP contribution in [0.4, 0.5) is 11.4 Å². The van der Waals surface area contributed by atoms with Gasteiger partial charge in [-0.15, -0.1) is 0 Å². The third kappa shape index (κ3) is 4.51. The van der Waals surface area contributed by atoms with E-state index in [1.165, 1.54) is 24.3 Å². The Morgan fingerprint density at radius 2 is 1.56 bits per heavy atom. The van der Waals surface area contributed by atoms with Gasteiger partial charge < -0.3 is 10.2 Å². The van der Waals surface area contributed by atoms with Gasteiger partial charge in [-0.2, -0.15) is 5.01 Å². The maximum absolute atomic E-state index is 15.1. The largest absolute Gasteiger partial charge is 0.508 e. The number of imide groups is 2. The number of carboxylic acid groups (broad SMARTS) is 1. The monoisotopic (exact) mass is 667 g/mol. The molecule has 10 nitrogen and oxygen atoms in total. The number of aryl methyl sites for hydroxylation is 1. The predicted molar refractivity (Wildman–Crippen MR) is 183 cm³/mol. The van der Waals surface area contributed by atoms with Crippen LogP contribution < -0.4 is 10.3 Å². The molecule has 10 heteroatoms. The SMILES string of the molecule is Cc1ccc(NN2C(=O)C3CC4C(=CCC5C(=O)N(c6cccc(C(=O)O)c6)C(=O)C54)C(c4cccc(O)c4)C3(c3ccccc3)C2=O)cc1. The number of phenols is 1. The van der Waals surface area contributed by atoms with Crippen LogP contribution in [0.15, 0.2) is 115 Å². The molecule has 4 aromatic rings. The van der Waals surface area contributed by atoms with Gasteiger partial charge in [-0.3, -0.25) is 29.5 Å². The van der Waals surface area contributed by atoms with Crippen molar-refractivity contribution in [2.75, 3.05) is 10.3 Å². The van der Waals surface area contributed by atoms with Crippen LogP contribution in [0.3, 0.4) is 0 Å². The van der Waals surface area contributed by atoms with Gasteiger partial charge in [0, 0.05) is 5.92 Å². The highest BCUT2D eigenvalue weighted by atomic mass is 16.4. The molecule has 2 aliphatic carbocycles. The highest BCUT2D eigenvalue weighted by Crippen LogP contribution is 2.64. The zero-order valence-electron chi connectivity index (χ0n) is 27.0. The van der Waals surface area contributed by atoms with E-state index in [2.05, 4.69) is 5.43 Å². The molecule has 0 spiro atoms. The van der Waals surface area contributed by atoms with Gasteiger partial charge >= 0.3 is 5.97 Å². The number of allylic oxidation sites excluding steroid dienone is 2. The number of fused-ring (bicyclic) bond motifs is 4. The number of aromatic carboxylic acids is 1. The third-order valence-corrected chi connectivity index (χ3v) is 10.9. The summed E-state index contributed by atoms with van der Waals surface area (Å²) in [5, 5.41) is 21.4. The molecule has 1 saturated carbocycles. The molecule has 6 unspecified atom stereocenters. The lowest BCUT2D eigenvalue weighted by Crippen LogP contribution is -2.53. The molecule has 3 fully saturated rings. The third-order valence-electron chi connectivity index (χ3n) is 10.9. The van der Waals surface area contributed by atoms with Crippen LogP contribution in [0.2, 0.25) is 0 Å². The zero-order valence-corrected chi connectivity index (χ0v) is 27.0. The molecule has 2 saturated heterocycles. The number of carbonyl (C=O) groups is 5. The summed E-state index contributed by atoms with van der Waals surface area (Å²) in [6.45, 7) is 1.94. The number of hydrazine groups is 1. The highest BCUT2D eigenvalue weighted by molar-refractivity contribution is 6.23. The van der Waals surface area contributed by atoms with E-state index in [1.807, 2.05) is 61.5 Å². The first-order valence-corrected chi connectivity index (χ1v) is 16.6. The minimum atomic E-state index is -1.44. The van der Waals surface area contributed by atoms with Crippen LogP contribution in [0.25, 0.3) is 0 Å². The molecule has 0 aromatic heterocycles. The summed E-state index contributed by atoms with van der Waals surface area (Å²) in [5.41, 5.74) is 5.32. The Bertz CT molecular complexity index is 2130. The van der Waals surface area contributed by atoms with Crippen LogP contribution in [0.1, 0.15) is 45.8 Å². The minimum absolute atomic E-state index is 0.0123. The molecule has 2 heterocycles. The lowest BCUT2D eigenvalue weighted by molar-refractivity contribution is -0.138. The van der Waals surface area contributed by atoms with Crippen molar-refractivity contribution in [1.29, 1.82) is 0 Å². The van der Waals surface area contributed by atoms with Gasteiger partial charge in [0.15, 0.2) is 0 Å². The van der Waals surface area contributed by atoms with E-state index >= 15 is 4.79 Å². The van der Waals surface area contributed by atoms with Gasteiger partial charge in [0.05, 0.1) is 40.1 Å². The molecule has 50 heavy (non-hydrogen) atoms. The van der Waals surface area contributed by atoms with Crippen molar-refractivity contribution in [2.45, 2.75) is 31.1 Å². The lowest BCUT2D eigenvalue weighted by atomic mass is 9.49. The number of hydrogen-bond donors (Lipinski definition) is 3. The topological polar surface area (TPSA) is 144 Å². The van der Waals surface area contributed by atoms with Crippen molar-refractivity contribution in [3.63, 3.8) is 0 Å². The molecular weight excluding hydrogens is 634 g/mol. The van der Waals surface area contributed by atoms with Gasteiger partial charge in [0.1, 0.15) is 5.75 Å². The molecule has 4 aromatic carbocycles. The minimum Gasteiger partial charge on any atom is -0.508 e. The van der Waals surface area contributed by atoms with E-state index in [0.29, 0.717) is 16.8 Å². The molecule has 4 amide bonds. The molecular formula is C40H33N3O7. The van der Waals surface area contributed by atoms with Crippen molar-refractivity contribution in [2.24, 2.45) is 23.7 Å². The molecule has 0 radical (unpaired) electrons. The molecule has 3 N–H and O–H groups in total. The Labute approximate surface area is 287 Å². The zero-order chi connectivity index (χ0) is 34.9. The Hall–Kier alpha value is -6.03. The summed E-state index contributed by atoms with van der Waals surface area (Å²) < 4.78 is 0. The first-order valence-electron chi connectivity index (χ1n) is 16.6. The van der Waals surface area contributed by atoms with Gasteiger partial charge in [0.2, 0.25) is 11.8 Å². The van der Waals surface area contributed by atoms with E-state index in [4.69, 9.17) is 0 Å². The van der Waals surface area contributed by atoms with Crippen molar-refractivity contribution in [3.05, 3.63) is 137 Å². The van der Waals surface area contributed by atoms with E-state index in [-0.39, 0.29) is 29.8 Å². The van der Waals surface area contributed by atoms with Crippen LogP contribution in [0, 0.1) is 30.6 Å². The predicted octanol–water partition coefficient (Wildman–Crippen LogP) is 5.59. The average Bonchev–Trinajstić information content (AvgIpc) is 3.50. The van der Waals surface area contributed by atoms with Crippen molar-refractivity contribution >= 4 is 41.0 Å². The Kier molecular flexibility index (Phi) is 7.22. The highest BCUT2D eigenvalue weighted by Gasteiger charge is 2.70. The normalized spacial score (nSPS) is 27.1. The molecule has 250 valence electrons. The van der Waals surface area contributed by atoms with Crippen LogP contribution in [-0.4, -0.2) is 44.8 Å². The number of nitrogens with one attached hydrogen (secondary N) is 1. The second kappa shape index (κ2) is 11.5. The second-order valence-corrected chi connectivity index (χ2v) is 13.6. The molecule has 4 aliphatic rings. The van der Waals surface area contributed by atoms with Gasteiger partial charge in [-0.25, -0.2) is 4.79 Å². The van der Waals surface area contributed by atoms with E-state index in [9.17, 15) is 29.4 Å². The molecule has 0 bridgehead atoms. The molecule has 2 aliphatic heterocycles. The fraction of sp³-hybridized carbons (Fsp3) is 0.225. The number of rotatable bonds is 6. The smallest absolute Gasteiger partial charge is 0.335 e. The van der Waals surface area contributed by atoms with Gasteiger partial charge in [0.25, 0.3) is 11.8 Å². The number of nitrogens with zero attached hydrogens (tertiary/aromatic N) is 2. The summed E-state index contributed by atoms with van der Waals surface area (Å²) >= 11 is 0. The van der Waals surface area contributed by atoms with Crippen molar-refractivity contribution < 1.29 is 34.2 Å². The summed E-state index contributed by atoms with van der Waals surface area (Å²) in [7, 11) is 0. The number of amides is 4. The standard InChI is InChI=1S/C40H33N3O7/c1-22-13-15-26(16-14-22)41-43-36(46)32-21-31-29(17-18-30-33(31)37(47)42(35(30)45)27-11-5-8-24(19-27)38(48)49)34(23-7-6-12-28(44)20-23)40(32,39(43)50)25-9-3-2-4-10-25/h2-17,19-20,30-34,41,44H,18,21H2,1H3,(H,48,49). The van der Waals surface area contributed by atoms with Crippen molar-refractivity contribution in [3.8, 4) is 5.75 Å². The first kappa shape index (κ1) is 31.3. The maximum atomic E-state index is 15.1. The average molecular weight is 668 g/mol. The van der Waals surface area contributed by atoms with E-state index in [0.717, 1.165) is 21.0 Å². The summed E-state index contributed by atoms with van der Waals surface area (Å²) in [5.74, 6) is -6.85. The number of phenolic OH excluding ortho intramolecular Hbond substituents is 1. The fourth-order valence-electron chi connectivity index (χ4n) is 8.86. The van der Waals surface area contributed by atoms with Crippen LogP contribution >= 0.6 is 0 Å². The number of anilines is 2. The van der Waals surface area contributed by atoms with Crippen LogP contribution in [0.5, 0.6) is 5.75 Å². The summed E-state index contributed by atoms with van der Waals surface area (Å²) in [4.78, 5) is 71.0. The Morgan fingerprint density at radius 1 is 0.820 bits per heavy atom. The fourth-order valence-corrected chi connectivity index (χ4v) is 8.86. The first-order chi connectivity index (χ1) is 24.1. The van der Waals surface area contributed by atoms with Crippen molar-refractivity contribution in [1.82, 2.24) is 5.01 Å². The number of hydrogen-bond acceptors (Lipinski definition) is 7. The van der Waals surface area contributed by atoms with E-state index in [1.54, 1.807) is 30.3 Å². The molecule has 6 atom stereocenters. The molecule has 8 rings (SSSR count). The number of carbonyl (C=O) groups excluding carboxylic acids is 4. The Balaban J connectivity index is 1.30. The maximum Gasteiger partial charge on any atom is 0.335 e. The second-order valence-electron chi connectivity index (χ2n) is 13.6.